The van der Waals surface area contributed by atoms with E-state index in [-0.39, 0.29) is 29.2 Å². The summed E-state index contributed by atoms with van der Waals surface area (Å²) in [7, 11) is 3.87. The minimum atomic E-state index is -0.298. The fraction of sp³-hybridized carbons (Fsp3) is 0.667. The van der Waals surface area contributed by atoms with Crippen molar-refractivity contribution in [3.05, 3.63) is 17.7 Å². The number of carbonyl (C=O) groups excluding carboxylic acids is 2. The molecule has 122 valence electrons. The molecule has 0 unspecified atom stereocenters. The number of aromatic nitrogens is 2. The Balaban J connectivity index is 1.92. The van der Waals surface area contributed by atoms with E-state index in [0.717, 1.165) is 32.2 Å². The number of aromatic amines is 1. The van der Waals surface area contributed by atoms with Crippen LogP contribution < -0.4 is 10.6 Å². The molecule has 1 aliphatic rings. The summed E-state index contributed by atoms with van der Waals surface area (Å²) >= 11 is 0. The Hall–Kier alpha value is -1.89. The van der Waals surface area contributed by atoms with E-state index in [1.165, 1.54) is 12.7 Å². The highest BCUT2D eigenvalue weighted by atomic mass is 16.2. The van der Waals surface area contributed by atoms with Crippen LogP contribution in [0.4, 0.5) is 0 Å². The van der Waals surface area contributed by atoms with Crippen molar-refractivity contribution in [1.82, 2.24) is 25.5 Å². The lowest BCUT2D eigenvalue weighted by Crippen LogP contribution is -2.38. The highest BCUT2D eigenvalue weighted by Crippen LogP contribution is 2.18. The number of nitrogens with zero attached hydrogens (tertiary/aromatic N) is 2. The van der Waals surface area contributed by atoms with Crippen LogP contribution in [0, 0.1) is 0 Å². The van der Waals surface area contributed by atoms with Gasteiger partial charge in [0, 0.05) is 19.1 Å². The van der Waals surface area contributed by atoms with E-state index in [1.807, 2.05) is 19.0 Å². The summed E-state index contributed by atoms with van der Waals surface area (Å²) in [4.78, 5) is 33.2. The molecular weight excluding hydrogens is 282 g/mol. The maximum atomic E-state index is 12.3. The number of amides is 2. The third kappa shape index (κ3) is 4.56. The van der Waals surface area contributed by atoms with Gasteiger partial charge in [0.25, 0.3) is 11.8 Å². The second-order valence-corrected chi connectivity index (χ2v) is 5.99. The summed E-state index contributed by atoms with van der Waals surface area (Å²) in [6.07, 6.45) is 6.90. The van der Waals surface area contributed by atoms with Crippen molar-refractivity contribution in [2.24, 2.45) is 0 Å². The number of H-pyrrole nitrogens is 1. The lowest BCUT2D eigenvalue weighted by molar-refractivity contribution is 0.0897. The van der Waals surface area contributed by atoms with Gasteiger partial charge in [-0.2, -0.15) is 0 Å². The molecule has 2 amide bonds. The lowest BCUT2D eigenvalue weighted by atomic mass is 9.95. The summed E-state index contributed by atoms with van der Waals surface area (Å²) in [6, 6.07) is 0.197. The minimum Gasteiger partial charge on any atom is -0.349 e. The molecule has 0 spiro atoms. The molecule has 7 nitrogen and oxygen atoms in total. The molecule has 1 aliphatic carbocycles. The molecule has 2 rings (SSSR count). The fourth-order valence-electron chi connectivity index (χ4n) is 2.62. The third-order valence-electron chi connectivity index (χ3n) is 3.87. The molecule has 22 heavy (non-hydrogen) atoms. The van der Waals surface area contributed by atoms with Gasteiger partial charge in [0.15, 0.2) is 5.69 Å². The van der Waals surface area contributed by atoms with E-state index in [1.54, 1.807) is 0 Å². The van der Waals surface area contributed by atoms with Crippen LogP contribution in [0.5, 0.6) is 0 Å². The summed E-state index contributed by atoms with van der Waals surface area (Å²) in [5, 5.41) is 5.76. The zero-order valence-electron chi connectivity index (χ0n) is 13.3. The zero-order chi connectivity index (χ0) is 15.9. The van der Waals surface area contributed by atoms with E-state index in [0.29, 0.717) is 6.54 Å². The normalized spacial score (nSPS) is 15.8. The molecule has 3 N–H and O–H groups in total. The van der Waals surface area contributed by atoms with Crippen LogP contribution in [-0.4, -0.2) is 59.9 Å². The van der Waals surface area contributed by atoms with Crippen LogP contribution in [0.2, 0.25) is 0 Å². The molecule has 1 heterocycles. The van der Waals surface area contributed by atoms with Crippen LogP contribution in [-0.2, 0) is 0 Å². The summed E-state index contributed by atoms with van der Waals surface area (Å²) in [5.74, 6) is -0.570. The Morgan fingerprint density at radius 1 is 1.27 bits per heavy atom. The number of rotatable bonds is 6. The standard InChI is InChI=1S/C15H25N5O2/c1-20(2)9-8-16-14(21)12-13(18-10-17-12)15(22)19-11-6-4-3-5-7-11/h10-11H,3-9H2,1-2H3,(H,16,21)(H,17,18)(H,19,22). The molecule has 1 aromatic heterocycles. The van der Waals surface area contributed by atoms with Crippen molar-refractivity contribution < 1.29 is 9.59 Å². The maximum absolute atomic E-state index is 12.3. The Labute approximate surface area is 130 Å². The molecule has 0 atom stereocenters. The Morgan fingerprint density at radius 3 is 2.68 bits per heavy atom. The lowest BCUT2D eigenvalue weighted by Gasteiger charge is -2.22. The van der Waals surface area contributed by atoms with Crippen LogP contribution in [0.15, 0.2) is 6.33 Å². The fourth-order valence-corrected chi connectivity index (χ4v) is 2.62. The number of nitrogens with one attached hydrogen (secondary N) is 3. The summed E-state index contributed by atoms with van der Waals surface area (Å²) < 4.78 is 0. The van der Waals surface area contributed by atoms with Gasteiger partial charge in [0.1, 0.15) is 5.69 Å². The van der Waals surface area contributed by atoms with Gasteiger partial charge in [0.2, 0.25) is 0 Å². The van der Waals surface area contributed by atoms with E-state index in [9.17, 15) is 9.59 Å². The molecular formula is C15H25N5O2. The quantitative estimate of drug-likeness (QED) is 0.724. The highest BCUT2D eigenvalue weighted by molar-refractivity contribution is 6.04. The second kappa shape index (κ2) is 7.93. The summed E-state index contributed by atoms with van der Waals surface area (Å²) in [6.45, 7) is 1.26. The maximum Gasteiger partial charge on any atom is 0.272 e. The SMILES string of the molecule is CN(C)CCNC(=O)c1[nH]cnc1C(=O)NC1CCCCC1. The van der Waals surface area contributed by atoms with E-state index >= 15 is 0 Å². The first kappa shape index (κ1) is 16.5. The topological polar surface area (TPSA) is 90.1 Å². The number of carbonyl (C=O) groups is 2. The van der Waals surface area contributed by atoms with Gasteiger partial charge in [-0.05, 0) is 26.9 Å². The van der Waals surface area contributed by atoms with Crippen molar-refractivity contribution in [2.75, 3.05) is 27.2 Å². The molecule has 1 saturated carbocycles. The number of hydrogen-bond acceptors (Lipinski definition) is 4. The molecule has 7 heteroatoms. The number of hydrogen-bond donors (Lipinski definition) is 3. The molecule has 0 radical (unpaired) electrons. The van der Waals surface area contributed by atoms with Gasteiger partial charge in [-0.15, -0.1) is 0 Å². The van der Waals surface area contributed by atoms with Gasteiger partial charge in [-0.1, -0.05) is 19.3 Å². The van der Waals surface area contributed by atoms with Crippen molar-refractivity contribution in [3.8, 4) is 0 Å². The highest BCUT2D eigenvalue weighted by Gasteiger charge is 2.23. The van der Waals surface area contributed by atoms with Gasteiger partial charge in [0.05, 0.1) is 6.33 Å². The predicted molar refractivity (Wildman–Crippen MR) is 83.8 cm³/mol. The first-order valence-corrected chi connectivity index (χ1v) is 7.85. The molecule has 0 aliphatic heterocycles. The van der Waals surface area contributed by atoms with E-state index in [2.05, 4.69) is 20.6 Å². The molecule has 0 aromatic carbocycles. The second-order valence-electron chi connectivity index (χ2n) is 5.99. The van der Waals surface area contributed by atoms with Crippen molar-refractivity contribution in [1.29, 1.82) is 0 Å². The number of likely N-dealkylation sites (N-methyl/N-ethyl adjacent to an activating group) is 1. The van der Waals surface area contributed by atoms with Crippen molar-refractivity contribution >= 4 is 11.8 Å². The number of imidazole rings is 1. The van der Waals surface area contributed by atoms with Crippen LogP contribution in [0.25, 0.3) is 0 Å². The Kier molecular flexibility index (Phi) is 5.94. The third-order valence-corrected chi connectivity index (χ3v) is 3.87. The van der Waals surface area contributed by atoms with Crippen molar-refractivity contribution in [3.63, 3.8) is 0 Å². The first-order chi connectivity index (χ1) is 10.6. The van der Waals surface area contributed by atoms with Crippen LogP contribution in [0.1, 0.15) is 53.1 Å². The molecule has 1 aromatic rings. The van der Waals surface area contributed by atoms with Gasteiger partial charge in [-0.3, -0.25) is 9.59 Å². The Bertz CT molecular complexity index is 506. The van der Waals surface area contributed by atoms with Crippen molar-refractivity contribution in [2.45, 2.75) is 38.1 Å². The summed E-state index contributed by atoms with van der Waals surface area (Å²) in [5.41, 5.74) is 0.403. The predicted octanol–water partition coefficient (Wildman–Crippen LogP) is 0.764. The zero-order valence-corrected chi connectivity index (χ0v) is 13.3. The minimum absolute atomic E-state index is 0.174. The smallest absolute Gasteiger partial charge is 0.272 e. The molecule has 0 bridgehead atoms. The average molecular weight is 307 g/mol. The van der Waals surface area contributed by atoms with E-state index in [4.69, 9.17) is 0 Å². The van der Waals surface area contributed by atoms with Crippen LogP contribution >= 0.6 is 0 Å². The average Bonchev–Trinajstić information content (AvgIpc) is 2.97. The molecule has 0 saturated heterocycles. The van der Waals surface area contributed by atoms with Crippen LogP contribution in [0.3, 0.4) is 0 Å². The van der Waals surface area contributed by atoms with Gasteiger partial charge in [-0.25, -0.2) is 4.98 Å². The largest absolute Gasteiger partial charge is 0.349 e. The monoisotopic (exact) mass is 307 g/mol. The Morgan fingerprint density at radius 2 is 2.00 bits per heavy atom. The first-order valence-electron chi connectivity index (χ1n) is 7.85. The molecule has 1 fully saturated rings. The van der Waals surface area contributed by atoms with E-state index < -0.39 is 0 Å². The van der Waals surface area contributed by atoms with Gasteiger partial charge < -0.3 is 20.5 Å². The van der Waals surface area contributed by atoms with Gasteiger partial charge >= 0.3 is 0 Å².